The maximum Gasteiger partial charge on any atom is 0.258 e. The lowest BCUT2D eigenvalue weighted by Crippen LogP contribution is -2.31. The fraction of sp³-hybridized carbons (Fsp3) is 0.350. The Morgan fingerprint density at radius 2 is 1.83 bits per heavy atom. The lowest BCUT2D eigenvalue weighted by Gasteiger charge is -2.20. The van der Waals surface area contributed by atoms with Gasteiger partial charge in [-0.1, -0.05) is 62.7 Å². The van der Waals surface area contributed by atoms with Crippen molar-refractivity contribution in [1.29, 1.82) is 0 Å². The summed E-state index contributed by atoms with van der Waals surface area (Å²) in [4.78, 5) is 12.0. The van der Waals surface area contributed by atoms with Crippen LogP contribution < -0.4 is 10.1 Å². The first-order valence-electron chi connectivity index (χ1n) is 8.04. The van der Waals surface area contributed by atoms with Gasteiger partial charge in [-0.25, -0.2) is 0 Å². The fourth-order valence-corrected chi connectivity index (χ4v) is 2.52. The highest BCUT2D eigenvalue weighted by Crippen LogP contribution is 2.24. The molecule has 1 N–H and O–H groups in total. The second kappa shape index (κ2) is 7.71. The van der Waals surface area contributed by atoms with E-state index in [2.05, 4.69) is 50.4 Å². The number of carbonyl (C=O) groups is 1. The van der Waals surface area contributed by atoms with E-state index in [0.717, 1.165) is 5.56 Å². The average molecular weight is 346 g/mol. The Kier molecular flexibility index (Phi) is 5.89. The maximum atomic E-state index is 12.0. The molecule has 0 aliphatic heterocycles. The van der Waals surface area contributed by atoms with E-state index in [1.165, 1.54) is 5.56 Å². The first-order chi connectivity index (χ1) is 11.3. The second-order valence-electron chi connectivity index (χ2n) is 6.91. The van der Waals surface area contributed by atoms with Crippen LogP contribution in [0.15, 0.2) is 48.5 Å². The Morgan fingerprint density at radius 1 is 1.17 bits per heavy atom. The third kappa shape index (κ3) is 5.27. The van der Waals surface area contributed by atoms with E-state index in [4.69, 9.17) is 16.3 Å². The van der Waals surface area contributed by atoms with Gasteiger partial charge in [0.05, 0.1) is 6.04 Å². The molecule has 2 aromatic rings. The van der Waals surface area contributed by atoms with Crippen LogP contribution in [0, 0.1) is 0 Å². The van der Waals surface area contributed by atoms with E-state index >= 15 is 0 Å². The van der Waals surface area contributed by atoms with Crippen LogP contribution in [-0.4, -0.2) is 12.5 Å². The van der Waals surface area contributed by atoms with Crippen molar-refractivity contribution < 1.29 is 9.53 Å². The van der Waals surface area contributed by atoms with Crippen molar-refractivity contribution in [1.82, 2.24) is 5.32 Å². The zero-order valence-corrected chi connectivity index (χ0v) is 15.4. The van der Waals surface area contributed by atoms with Gasteiger partial charge in [-0.05, 0) is 41.7 Å². The summed E-state index contributed by atoms with van der Waals surface area (Å²) >= 11 is 5.89. The summed E-state index contributed by atoms with van der Waals surface area (Å²) in [7, 11) is 0. The van der Waals surface area contributed by atoms with Gasteiger partial charge in [0.1, 0.15) is 5.75 Å². The van der Waals surface area contributed by atoms with Gasteiger partial charge in [0.25, 0.3) is 5.91 Å². The van der Waals surface area contributed by atoms with E-state index in [9.17, 15) is 4.79 Å². The fourth-order valence-electron chi connectivity index (χ4n) is 2.34. The molecule has 0 aromatic heterocycles. The van der Waals surface area contributed by atoms with E-state index in [-0.39, 0.29) is 24.0 Å². The van der Waals surface area contributed by atoms with Crippen LogP contribution in [0.4, 0.5) is 0 Å². The molecule has 4 heteroatoms. The molecule has 0 aliphatic rings. The van der Waals surface area contributed by atoms with Gasteiger partial charge in [-0.2, -0.15) is 0 Å². The first-order valence-corrected chi connectivity index (χ1v) is 8.41. The Balaban J connectivity index is 1.89. The number of hydrogen-bond acceptors (Lipinski definition) is 2. The molecule has 0 aliphatic carbocycles. The quantitative estimate of drug-likeness (QED) is 0.837. The SMILES string of the molecule is CC(NC(=O)COc1cccc(Cl)c1)c1ccc(C(C)(C)C)cc1. The minimum atomic E-state index is -0.164. The molecule has 1 atom stereocenters. The molecule has 0 saturated heterocycles. The molecule has 1 unspecified atom stereocenters. The molecular weight excluding hydrogens is 322 g/mol. The van der Waals surface area contributed by atoms with Crippen LogP contribution in [0.2, 0.25) is 5.02 Å². The van der Waals surface area contributed by atoms with Crippen LogP contribution >= 0.6 is 11.6 Å². The van der Waals surface area contributed by atoms with Crippen molar-refractivity contribution in [2.24, 2.45) is 0 Å². The third-order valence-corrected chi connectivity index (χ3v) is 4.06. The number of halogens is 1. The smallest absolute Gasteiger partial charge is 0.258 e. The van der Waals surface area contributed by atoms with Gasteiger partial charge in [-0.3, -0.25) is 4.79 Å². The Bertz CT molecular complexity index is 690. The molecule has 3 nitrogen and oxygen atoms in total. The number of carbonyl (C=O) groups excluding carboxylic acids is 1. The highest BCUT2D eigenvalue weighted by atomic mass is 35.5. The minimum absolute atomic E-state index is 0.0369. The highest BCUT2D eigenvalue weighted by Gasteiger charge is 2.15. The molecule has 1 amide bonds. The first kappa shape index (κ1) is 18.3. The summed E-state index contributed by atoms with van der Waals surface area (Å²) in [5.74, 6) is 0.419. The molecule has 0 radical (unpaired) electrons. The maximum absolute atomic E-state index is 12.0. The molecule has 128 valence electrons. The molecule has 24 heavy (non-hydrogen) atoms. The van der Waals surface area contributed by atoms with E-state index in [0.29, 0.717) is 10.8 Å². The lowest BCUT2D eigenvalue weighted by molar-refractivity contribution is -0.123. The zero-order valence-electron chi connectivity index (χ0n) is 14.6. The number of nitrogens with one attached hydrogen (secondary N) is 1. The predicted molar refractivity (Wildman–Crippen MR) is 98.6 cm³/mol. The third-order valence-electron chi connectivity index (χ3n) is 3.82. The topological polar surface area (TPSA) is 38.3 Å². The van der Waals surface area contributed by atoms with Crippen molar-refractivity contribution in [2.75, 3.05) is 6.61 Å². The van der Waals surface area contributed by atoms with Gasteiger partial charge in [0.2, 0.25) is 0 Å². The summed E-state index contributed by atoms with van der Waals surface area (Å²) in [6.45, 7) is 8.47. The summed E-state index contributed by atoms with van der Waals surface area (Å²) < 4.78 is 5.45. The molecule has 0 bridgehead atoms. The van der Waals surface area contributed by atoms with Gasteiger partial charge < -0.3 is 10.1 Å². The monoisotopic (exact) mass is 345 g/mol. The van der Waals surface area contributed by atoms with Gasteiger partial charge in [0.15, 0.2) is 6.61 Å². The Morgan fingerprint density at radius 3 is 2.42 bits per heavy atom. The average Bonchev–Trinajstić information content (AvgIpc) is 2.52. The van der Waals surface area contributed by atoms with Crippen LogP contribution in [0.25, 0.3) is 0 Å². The number of amides is 1. The van der Waals surface area contributed by atoms with E-state index in [1.807, 2.05) is 6.92 Å². The number of ether oxygens (including phenoxy) is 1. The molecular formula is C20H24ClNO2. The molecule has 2 rings (SSSR count). The second-order valence-corrected chi connectivity index (χ2v) is 7.34. The molecule has 2 aromatic carbocycles. The van der Waals surface area contributed by atoms with Crippen molar-refractivity contribution in [3.05, 3.63) is 64.7 Å². The molecule has 0 spiro atoms. The van der Waals surface area contributed by atoms with E-state index in [1.54, 1.807) is 24.3 Å². The zero-order chi connectivity index (χ0) is 17.7. The van der Waals surface area contributed by atoms with Crippen molar-refractivity contribution >= 4 is 17.5 Å². The number of benzene rings is 2. The standard InChI is InChI=1S/C20H24ClNO2/c1-14(15-8-10-16(11-9-15)20(2,3)4)22-19(23)13-24-18-7-5-6-17(21)12-18/h5-12,14H,13H2,1-4H3,(H,22,23). The predicted octanol–water partition coefficient (Wildman–Crippen LogP) is 4.89. The largest absolute Gasteiger partial charge is 0.484 e. The van der Waals surface area contributed by atoms with Gasteiger partial charge >= 0.3 is 0 Å². The summed E-state index contributed by atoms with van der Waals surface area (Å²) in [5, 5.41) is 3.53. The van der Waals surface area contributed by atoms with Crippen LogP contribution in [0.1, 0.15) is 44.9 Å². The van der Waals surface area contributed by atoms with Crippen LogP contribution in [0.3, 0.4) is 0 Å². The number of rotatable bonds is 5. The summed E-state index contributed by atoms with van der Waals surface area (Å²) in [6.07, 6.45) is 0. The minimum Gasteiger partial charge on any atom is -0.484 e. The Labute approximate surface area is 149 Å². The summed E-state index contributed by atoms with van der Waals surface area (Å²) in [6, 6.07) is 15.3. The highest BCUT2D eigenvalue weighted by molar-refractivity contribution is 6.30. The Hall–Kier alpha value is -2.00. The molecule has 0 heterocycles. The summed E-state index contributed by atoms with van der Waals surface area (Å²) in [5.41, 5.74) is 2.46. The van der Waals surface area contributed by atoms with Gasteiger partial charge in [0, 0.05) is 5.02 Å². The van der Waals surface area contributed by atoms with Crippen molar-refractivity contribution in [3.63, 3.8) is 0 Å². The van der Waals surface area contributed by atoms with Gasteiger partial charge in [-0.15, -0.1) is 0 Å². The molecule has 0 saturated carbocycles. The van der Waals surface area contributed by atoms with Crippen LogP contribution in [-0.2, 0) is 10.2 Å². The lowest BCUT2D eigenvalue weighted by atomic mass is 9.86. The van der Waals surface area contributed by atoms with E-state index < -0.39 is 0 Å². The molecule has 0 fully saturated rings. The van der Waals surface area contributed by atoms with Crippen molar-refractivity contribution in [2.45, 2.75) is 39.2 Å². The van der Waals surface area contributed by atoms with Crippen molar-refractivity contribution in [3.8, 4) is 5.75 Å². The number of hydrogen-bond donors (Lipinski definition) is 1. The van der Waals surface area contributed by atoms with Crippen LogP contribution in [0.5, 0.6) is 5.75 Å². The normalized spacial score (nSPS) is 12.5.